The van der Waals surface area contributed by atoms with Crippen molar-refractivity contribution in [2.24, 2.45) is 7.05 Å². The van der Waals surface area contributed by atoms with E-state index in [0.29, 0.717) is 34.6 Å². The molecule has 5 rings (SSSR count). The van der Waals surface area contributed by atoms with Gasteiger partial charge in [-0.25, -0.2) is 4.79 Å². The molecule has 176 valence electrons. The van der Waals surface area contributed by atoms with Crippen LogP contribution in [0.4, 0.5) is 0 Å². The van der Waals surface area contributed by atoms with E-state index in [2.05, 4.69) is 22.3 Å². The van der Waals surface area contributed by atoms with Gasteiger partial charge in [0.2, 0.25) is 0 Å². The Bertz CT molecular complexity index is 1460. The van der Waals surface area contributed by atoms with Crippen LogP contribution in [0.15, 0.2) is 46.0 Å². The second-order valence-corrected chi connectivity index (χ2v) is 8.62. The van der Waals surface area contributed by atoms with Gasteiger partial charge in [0.15, 0.2) is 5.58 Å². The van der Waals surface area contributed by atoms with E-state index < -0.39 is 0 Å². The molecular formula is C25H28N6O3. The number of nitrogens with zero attached hydrogens (tertiary/aromatic N) is 4. The average molecular weight is 461 g/mol. The Labute approximate surface area is 196 Å². The van der Waals surface area contributed by atoms with Gasteiger partial charge in [0.25, 0.3) is 0 Å². The summed E-state index contributed by atoms with van der Waals surface area (Å²) < 4.78 is 15.7. The lowest BCUT2D eigenvalue weighted by atomic mass is 10.00. The highest BCUT2D eigenvalue weighted by atomic mass is 16.5. The highest BCUT2D eigenvalue weighted by molar-refractivity contribution is 6.14. The molecule has 1 saturated heterocycles. The average Bonchev–Trinajstić information content (AvgIpc) is 3.45. The van der Waals surface area contributed by atoms with Crippen LogP contribution in [0.3, 0.4) is 0 Å². The molecule has 1 aliphatic rings. The van der Waals surface area contributed by atoms with E-state index in [4.69, 9.17) is 14.6 Å². The molecule has 1 aliphatic heterocycles. The number of aryl methyl sites for hydroxylation is 1. The summed E-state index contributed by atoms with van der Waals surface area (Å²) in [5.41, 5.74) is 4.33. The molecule has 0 saturated carbocycles. The second kappa shape index (κ2) is 8.90. The Morgan fingerprint density at radius 2 is 2.21 bits per heavy atom. The number of benzene rings is 1. The summed E-state index contributed by atoms with van der Waals surface area (Å²) in [5, 5.41) is 15.9. The molecule has 0 spiro atoms. The third-order valence-electron chi connectivity index (χ3n) is 6.46. The normalized spacial score (nSPS) is 19.1. The molecule has 9 heteroatoms. The largest absolute Gasteiger partial charge is 0.452 e. The quantitative estimate of drug-likeness (QED) is 0.423. The number of ether oxygens (including phenoxy) is 1. The van der Waals surface area contributed by atoms with Crippen LogP contribution in [0.2, 0.25) is 0 Å². The van der Waals surface area contributed by atoms with Crippen LogP contribution in [0.1, 0.15) is 37.9 Å². The molecule has 2 atom stereocenters. The van der Waals surface area contributed by atoms with Gasteiger partial charge < -0.3 is 19.9 Å². The first-order valence-corrected chi connectivity index (χ1v) is 11.5. The van der Waals surface area contributed by atoms with E-state index in [9.17, 15) is 4.79 Å². The minimum Gasteiger partial charge on any atom is -0.452 e. The van der Waals surface area contributed by atoms with Gasteiger partial charge in [-0.1, -0.05) is 13.0 Å². The SMILES string of the molecule is CC[C@H]1C[C@@H](n2c(=O)nc(/C(C=N)=C/NC)c3oc4ccc(-c5cnn(C)c5)cc4c32)CCO1. The molecule has 0 radical (unpaired) electrons. The van der Waals surface area contributed by atoms with Gasteiger partial charge in [0.1, 0.15) is 16.8 Å². The molecule has 0 aliphatic carbocycles. The first kappa shape index (κ1) is 22.1. The van der Waals surface area contributed by atoms with Crippen molar-refractivity contribution in [3.8, 4) is 11.1 Å². The van der Waals surface area contributed by atoms with Crippen molar-refractivity contribution in [2.45, 2.75) is 38.3 Å². The summed E-state index contributed by atoms with van der Waals surface area (Å²) in [5.74, 6) is 0. The zero-order chi connectivity index (χ0) is 23.8. The number of hydrogen-bond donors (Lipinski definition) is 2. The monoisotopic (exact) mass is 460 g/mol. The number of allylic oxidation sites excluding steroid dienone is 1. The van der Waals surface area contributed by atoms with E-state index >= 15 is 0 Å². The molecule has 2 N–H and O–H groups in total. The van der Waals surface area contributed by atoms with Crippen LogP contribution >= 0.6 is 0 Å². The topological polar surface area (TPSA) is 111 Å². The Balaban J connectivity index is 1.82. The molecule has 1 aromatic carbocycles. The highest BCUT2D eigenvalue weighted by Gasteiger charge is 2.28. The molecule has 0 amide bonds. The van der Waals surface area contributed by atoms with Crippen LogP contribution in [-0.2, 0) is 11.8 Å². The number of rotatable bonds is 6. The maximum atomic E-state index is 13.5. The molecule has 0 bridgehead atoms. The van der Waals surface area contributed by atoms with Gasteiger partial charge in [-0.3, -0.25) is 9.25 Å². The van der Waals surface area contributed by atoms with Crippen molar-refractivity contribution >= 4 is 33.9 Å². The minimum absolute atomic E-state index is 0.0465. The van der Waals surface area contributed by atoms with Crippen LogP contribution in [0.25, 0.3) is 38.8 Å². The Hall–Kier alpha value is -3.72. The van der Waals surface area contributed by atoms with Gasteiger partial charge in [0.05, 0.1) is 12.3 Å². The van der Waals surface area contributed by atoms with Crippen LogP contribution in [0, 0.1) is 5.41 Å². The lowest BCUT2D eigenvalue weighted by Crippen LogP contribution is -2.34. The summed E-state index contributed by atoms with van der Waals surface area (Å²) in [6, 6.07) is 5.90. The van der Waals surface area contributed by atoms with Gasteiger partial charge >= 0.3 is 5.69 Å². The van der Waals surface area contributed by atoms with Crippen molar-refractivity contribution in [1.29, 1.82) is 5.41 Å². The lowest BCUT2D eigenvalue weighted by Gasteiger charge is -2.30. The Morgan fingerprint density at radius 1 is 1.35 bits per heavy atom. The summed E-state index contributed by atoms with van der Waals surface area (Å²) in [6.45, 7) is 2.69. The van der Waals surface area contributed by atoms with Crippen molar-refractivity contribution in [1.82, 2.24) is 24.6 Å². The lowest BCUT2D eigenvalue weighted by molar-refractivity contribution is -0.00711. The Kier molecular flexibility index (Phi) is 5.79. The van der Waals surface area contributed by atoms with E-state index in [-0.39, 0.29) is 17.8 Å². The highest BCUT2D eigenvalue weighted by Crippen LogP contribution is 2.37. The molecule has 0 unspecified atom stereocenters. The molecule has 9 nitrogen and oxygen atoms in total. The maximum Gasteiger partial charge on any atom is 0.349 e. The predicted molar refractivity (Wildman–Crippen MR) is 132 cm³/mol. The molecule has 4 heterocycles. The number of nitrogens with one attached hydrogen (secondary N) is 2. The van der Waals surface area contributed by atoms with Crippen LogP contribution in [-0.4, -0.2) is 45.3 Å². The minimum atomic E-state index is -0.345. The predicted octanol–water partition coefficient (Wildman–Crippen LogP) is 3.88. The van der Waals surface area contributed by atoms with E-state index in [1.807, 2.05) is 37.6 Å². The van der Waals surface area contributed by atoms with E-state index in [0.717, 1.165) is 35.8 Å². The summed E-state index contributed by atoms with van der Waals surface area (Å²) >= 11 is 0. The molecule has 4 aromatic rings. The number of furan rings is 1. The zero-order valence-electron chi connectivity index (χ0n) is 19.5. The fourth-order valence-corrected chi connectivity index (χ4v) is 4.78. The first-order valence-electron chi connectivity index (χ1n) is 11.5. The van der Waals surface area contributed by atoms with Crippen molar-refractivity contribution in [3.63, 3.8) is 0 Å². The van der Waals surface area contributed by atoms with E-state index in [1.54, 1.807) is 22.5 Å². The molecule has 34 heavy (non-hydrogen) atoms. The standard InChI is InChI=1S/C25H28N6O3/c1-4-19-10-18(7-8-33-19)31-23-20-9-15(17-13-28-30(3)14-17)5-6-21(20)34-24(23)22(29-25(31)32)16(11-26)12-27-2/h5-6,9,11-14,18-19,26-27H,4,7-8,10H2,1-3H3/b16-12+,26-11?/t18-,19-/m0/s1. The Morgan fingerprint density at radius 3 is 2.91 bits per heavy atom. The number of aromatic nitrogens is 4. The summed E-state index contributed by atoms with van der Waals surface area (Å²) in [7, 11) is 3.63. The third kappa shape index (κ3) is 3.71. The fourth-order valence-electron chi connectivity index (χ4n) is 4.78. The van der Waals surface area contributed by atoms with Gasteiger partial charge in [0, 0.05) is 61.9 Å². The van der Waals surface area contributed by atoms with Gasteiger partial charge in [-0.15, -0.1) is 0 Å². The number of fused-ring (bicyclic) bond motifs is 3. The third-order valence-corrected chi connectivity index (χ3v) is 6.46. The zero-order valence-corrected chi connectivity index (χ0v) is 19.5. The van der Waals surface area contributed by atoms with E-state index in [1.165, 1.54) is 6.21 Å². The molecule has 1 fully saturated rings. The summed E-state index contributed by atoms with van der Waals surface area (Å²) in [6.07, 6.45) is 9.06. The second-order valence-electron chi connectivity index (χ2n) is 8.62. The number of hydrogen-bond acceptors (Lipinski definition) is 7. The maximum absolute atomic E-state index is 13.5. The first-order chi connectivity index (χ1) is 16.5. The van der Waals surface area contributed by atoms with Crippen LogP contribution in [0.5, 0.6) is 0 Å². The molecular weight excluding hydrogens is 432 g/mol. The van der Waals surface area contributed by atoms with Crippen molar-refractivity contribution in [3.05, 3.63) is 53.0 Å². The van der Waals surface area contributed by atoms with Crippen molar-refractivity contribution in [2.75, 3.05) is 13.7 Å². The summed E-state index contributed by atoms with van der Waals surface area (Å²) in [4.78, 5) is 17.9. The van der Waals surface area contributed by atoms with Crippen molar-refractivity contribution < 1.29 is 9.15 Å². The fraction of sp³-hybridized carbons (Fsp3) is 0.360. The smallest absolute Gasteiger partial charge is 0.349 e. The van der Waals surface area contributed by atoms with Crippen LogP contribution < -0.4 is 11.0 Å². The van der Waals surface area contributed by atoms with Gasteiger partial charge in [-0.05, 0) is 37.0 Å². The van der Waals surface area contributed by atoms with Gasteiger partial charge in [-0.2, -0.15) is 10.1 Å². The molecule has 3 aromatic heterocycles.